The summed E-state index contributed by atoms with van der Waals surface area (Å²) in [5, 5.41) is 1.59. The Kier molecular flexibility index (Phi) is 3.66. The van der Waals surface area contributed by atoms with E-state index in [0.717, 1.165) is 26.9 Å². The fraction of sp³-hybridized carbons (Fsp3) is 0.0625. The number of halogens is 1. The molecule has 1 atom stereocenters. The molecular weight excluding hydrogens is 290 g/mol. The van der Waals surface area contributed by atoms with Crippen LogP contribution in [0.2, 0.25) is 5.02 Å². The van der Waals surface area contributed by atoms with Crippen LogP contribution >= 0.6 is 11.6 Å². The number of hydrogen-bond donors (Lipinski definition) is 0. The lowest BCUT2D eigenvalue weighted by molar-refractivity contribution is 0.602. The Bertz CT molecular complexity index is 773. The van der Waals surface area contributed by atoms with Crippen LogP contribution in [0, 0.1) is 0 Å². The smallest absolute Gasteiger partial charge is 0.169 e. The lowest BCUT2D eigenvalue weighted by Crippen LogP contribution is -2.02. The highest BCUT2D eigenvalue weighted by Gasteiger charge is 2.18. The third-order valence-corrected chi connectivity index (χ3v) is 4.41. The van der Waals surface area contributed by atoms with Gasteiger partial charge in [0.1, 0.15) is 6.26 Å². The van der Waals surface area contributed by atoms with E-state index in [1.165, 1.54) is 0 Å². The first-order valence-electron chi connectivity index (χ1n) is 6.14. The summed E-state index contributed by atoms with van der Waals surface area (Å²) in [5.41, 5.74) is 2.76. The van der Waals surface area contributed by atoms with Crippen molar-refractivity contribution in [3.05, 3.63) is 59.8 Å². The van der Waals surface area contributed by atoms with Crippen LogP contribution in [0.1, 0.15) is 0 Å². The maximum Gasteiger partial charge on any atom is 0.169 e. The van der Waals surface area contributed by atoms with Crippen molar-refractivity contribution in [2.24, 2.45) is 0 Å². The Hall–Kier alpha value is -1.55. The number of pyridine rings is 1. The van der Waals surface area contributed by atoms with Crippen LogP contribution in [0.15, 0.2) is 59.6 Å². The molecule has 0 spiro atoms. The summed E-state index contributed by atoms with van der Waals surface area (Å²) in [4.78, 5) is 5.12. The molecule has 0 aliphatic carbocycles. The molecule has 100 valence electrons. The van der Waals surface area contributed by atoms with Crippen molar-refractivity contribution in [2.75, 3.05) is 6.26 Å². The molecule has 0 bridgehead atoms. The average molecular weight is 302 g/mol. The fourth-order valence-corrected chi connectivity index (χ4v) is 3.49. The van der Waals surface area contributed by atoms with Crippen molar-refractivity contribution in [1.82, 2.24) is 4.98 Å². The Balaban J connectivity index is 2.33. The summed E-state index contributed by atoms with van der Waals surface area (Å²) in [6.45, 7) is 0. The van der Waals surface area contributed by atoms with Gasteiger partial charge in [-0.3, -0.25) is 4.98 Å². The SMILES string of the molecule is C[S+]([O-])c1c(-c2cccc(Cl)c2)ccc2ncccc12. The molecule has 20 heavy (non-hydrogen) atoms. The first-order valence-corrected chi connectivity index (χ1v) is 8.07. The van der Waals surface area contributed by atoms with Crippen LogP contribution in [0.25, 0.3) is 22.0 Å². The fourth-order valence-electron chi connectivity index (χ4n) is 2.32. The van der Waals surface area contributed by atoms with Crippen molar-refractivity contribution < 1.29 is 4.55 Å². The third-order valence-electron chi connectivity index (χ3n) is 3.16. The molecule has 0 saturated heterocycles. The van der Waals surface area contributed by atoms with Crippen LogP contribution in [0.5, 0.6) is 0 Å². The van der Waals surface area contributed by atoms with Crippen LogP contribution in [0.3, 0.4) is 0 Å². The van der Waals surface area contributed by atoms with Gasteiger partial charge in [0.2, 0.25) is 0 Å². The standard InChI is InChI=1S/C16H12ClNOS/c1-20(19)16-13(11-4-2-5-12(17)10-11)7-8-15-14(16)6-3-9-18-15/h2-10H,1H3. The molecule has 2 aromatic carbocycles. The van der Waals surface area contributed by atoms with E-state index in [-0.39, 0.29) is 0 Å². The zero-order chi connectivity index (χ0) is 14.1. The molecule has 0 aliphatic rings. The molecule has 1 heterocycles. The first-order chi connectivity index (χ1) is 9.66. The minimum Gasteiger partial charge on any atom is -0.612 e. The Morgan fingerprint density at radius 3 is 2.70 bits per heavy atom. The first kappa shape index (κ1) is 13.4. The summed E-state index contributed by atoms with van der Waals surface area (Å²) in [5.74, 6) is 0. The predicted octanol–water partition coefficient (Wildman–Crippen LogP) is 4.29. The van der Waals surface area contributed by atoms with Gasteiger partial charge in [-0.1, -0.05) is 23.7 Å². The quantitative estimate of drug-likeness (QED) is 0.662. The summed E-state index contributed by atoms with van der Waals surface area (Å²) in [7, 11) is 0. The lowest BCUT2D eigenvalue weighted by Gasteiger charge is -2.13. The number of aromatic nitrogens is 1. The van der Waals surface area contributed by atoms with Crippen LogP contribution in [-0.2, 0) is 11.2 Å². The highest BCUT2D eigenvalue weighted by Crippen LogP contribution is 2.34. The summed E-state index contributed by atoms with van der Waals surface area (Å²) < 4.78 is 12.2. The molecule has 2 nitrogen and oxygen atoms in total. The second-order valence-electron chi connectivity index (χ2n) is 4.48. The zero-order valence-corrected chi connectivity index (χ0v) is 12.4. The molecule has 3 aromatic rings. The van der Waals surface area contributed by atoms with E-state index in [4.69, 9.17) is 11.6 Å². The number of fused-ring (bicyclic) bond motifs is 1. The van der Waals surface area contributed by atoms with E-state index in [9.17, 15) is 4.55 Å². The molecule has 4 heteroatoms. The largest absolute Gasteiger partial charge is 0.612 e. The monoisotopic (exact) mass is 301 g/mol. The van der Waals surface area contributed by atoms with Crippen molar-refractivity contribution >= 4 is 33.7 Å². The molecule has 0 radical (unpaired) electrons. The summed E-state index contributed by atoms with van der Waals surface area (Å²) >= 11 is 4.95. The number of hydrogen-bond acceptors (Lipinski definition) is 2. The number of benzene rings is 2. The minimum atomic E-state index is -1.11. The molecule has 0 amide bonds. The van der Waals surface area contributed by atoms with Gasteiger partial charge in [0, 0.05) is 16.8 Å². The normalized spacial score (nSPS) is 12.6. The van der Waals surface area contributed by atoms with Gasteiger partial charge in [-0.25, -0.2) is 0 Å². The minimum absolute atomic E-state index is 0.668. The van der Waals surface area contributed by atoms with Crippen molar-refractivity contribution in [3.8, 4) is 11.1 Å². The zero-order valence-electron chi connectivity index (χ0n) is 10.8. The average Bonchev–Trinajstić information content (AvgIpc) is 2.45. The van der Waals surface area contributed by atoms with E-state index >= 15 is 0 Å². The summed E-state index contributed by atoms with van der Waals surface area (Å²) in [6.07, 6.45) is 3.43. The summed E-state index contributed by atoms with van der Waals surface area (Å²) in [6, 6.07) is 15.3. The van der Waals surface area contributed by atoms with Gasteiger partial charge in [0.05, 0.1) is 10.9 Å². The second kappa shape index (κ2) is 5.44. The number of nitrogens with zero attached hydrogens (tertiary/aromatic N) is 1. The van der Waals surface area contributed by atoms with Crippen LogP contribution < -0.4 is 0 Å². The topological polar surface area (TPSA) is 36.0 Å². The van der Waals surface area contributed by atoms with Crippen LogP contribution in [0.4, 0.5) is 0 Å². The van der Waals surface area contributed by atoms with Gasteiger partial charge in [0.15, 0.2) is 4.90 Å². The molecule has 0 saturated carbocycles. The van der Waals surface area contributed by atoms with Crippen molar-refractivity contribution in [2.45, 2.75) is 4.90 Å². The molecule has 0 N–H and O–H groups in total. The van der Waals surface area contributed by atoms with Gasteiger partial charge < -0.3 is 4.55 Å². The highest BCUT2D eigenvalue weighted by atomic mass is 35.5. The van der Waals surface area contributed by atoms with E-state index in [0.29, 0.717) is 5.02 Å². The van der Waals surface area contributed by atoms with E-state index in [1.807, 2.05) is 48.5 Å². The third kappa shape index (κ3) is 2.40. The van der Waals surface area contributed by atoms with Crippen LogP contribution in [-0.4, -0.2) is 15.8 Å². The Labute approximate surface area is 125 Å². The maximum atomic E-state index is 12.2. The molecule has 0 aliphatic heterocycles. The molecule has 1 aromatic heterocycles. The Morgan fingerprint density at radius 1 is 1.10 bits per heavy atom. The van der Waals surface area contributed by atoms with Gasteiger partial charge in [0.25, 0.3) is 0 Å². The van der Waals surface area contributed by atoms with E-state index < -0.39 is 11.2 Å². The molecule has 1 unspecified atom stereocenters. The van der Waals surface area contributed by atoms with Gasteiger partial charge >= 0.3 is 0 Å². The van der Waals surface area contributed by atoms with Gasteiger partial charge in [-0.15, -0.1) is 0 Å². The number of rotatable bonds is 2. The van der Waals surface area contributed by atoms with Crippen molar-refractivity contribution in [3.63, 3.8) is 0 Å². The van der Waals surface area contributed by atoms with E-state index in [2.05, 4.69) is 4.98 Å². The maximum absolute atomic E-state index is 12.2. The lowest BCUT2D eigenvalue weighted by atomic mass is 10.0. The van der Waals surface area contributed by atoms with Crippen molar-refractivity contribution in [1.29, 1.82) is 0 Å². The second-order valence-corrected chi connectivity index (χ2v) is 6.23. The highest BCUT2D eigenvalue weighted by molar-refractivity contribution is 7.91. The van der Waals surface area contributed by atoms with Gasteiger partial charge in [-0.05, 0) is 53.1 Å². The molecular formula is C16H12ClNOS. The Morgan fingerprint density at radius 2 is 1.95 bits per heavy atom. The molecule has 3 rings (SSSR count). The molecule has 0 fully saturated rings. The van der Waals surface area contributed by atoms with Gasteiger partial charge in [-0.2, -0.15) is 0 Å². The predicted molar refractivity (Wildman–Crippen MR) is 84.5 cm³/mol. The van der Waals surface area contributed by atoms with E-state index in [1.54, 1.807) is 12.5 Å².